The summed E-state index contributed by atoms with van der Waals surface area (Å²) in [7, 11) is 0. The van der Waals surface area contributed by atoms with Crippen molar-refractivity contribution >= 4 is 29.3 Å². The lowest BCUT2D eigenvalue weighted by Gasteiger charge is -2.30. The molecular formula is C26H21N3O5. The van der Waals surface area contributed by atoms with Gasteiger partial charge in [-0.1, -0.05) is 30.3 Å². The van der Waals surface area contributed by atoms with E-state index in [4.69, 9.17) is 0 Å². The van der Waals surface area contributed by atoms with Crippen molar-refractivity contribution in [1.29, 1.82) is 0 Å². The summed E-state index contributed by atoms with van der Waals surface area (Å²) in [6.45, 7) is 1.51. The Morgan fingerprint density at radius 3 is 1.56 bits per heavy atom. The highest BCUT2D eigenvalue weighted by atomic mass is 16.6. The monoisotopic (exact) mass is 455 g/mol. The molecule has 0 unspecified atom stereocenters. The third kappa shape index (κ3) is 5.48. The van der Waals surface area contributed by atoms with E-state index < -0.39 is 9.85 Å². The van der Waals surface area contributed by atoms with Crippen molar-refractivity contribution < 1.29 is 14.6 Å². The largest absolute Gasteiger partial charge is 0.290 e. The number of nitrogens with zero attached hydrogens (tertiary/aromatic N) is 3. The smallest absolute Gasteiger partial charge is 0.269 e. The second-order valence-electron chi connectivity index (χ2n) is 8.00. The van der Waals surface area contributed by atoms with Gasteiger partial charge in [0.15, 0.2) is 5.78 Å². The molecule has 0 aliphatic carbocycles. The molecule has 170 valence electrons. The van der Waals surface area contributed by atoms with Crippen LogP contribution in [0.1, 0.15) is 16.7 Å². The predicted molar refractivity (Wildman–Crippen MR) is 129 cm³/mol. The van der Waals surface area contributed by atoms with Gasteiger partial charge in [-0.15, -0.1) is 0 Å². The van der Waals surface area contributed by atoms with Gasteiger partial charge in [0, 0.05) is 55.0 Å². The van der Waals surface area contributed by atoms with Crippen LogP contribution in [0, 0.1) is 20.2 Å². The van der Waals surface area contributed by atoms with E-state index >= 15 is 0 Å². The van der Waals surface area contributed by atoms with Crippen LogP contribution >= 0.6 is 0 Å². The Bertz CT molecular complexity index is 1200. The maximum absolute atomic E-state index is 13.3. The number of non-ortho nitro benzene ring substituents is 2. The lowest BCUT2D eigenvalue weighted by molar-refractivity contribution is -0.385. The minimum Gasteiger partial charge on any atom is -0.290 e. The summed E-state index contributed by atoms with van der Waals surface area (Å²) in [4.78, 5) is 36.4. The second kappa shape index (κ2) is 10.0. The maximum Gasteiger partial charge on any atom is 0.269 e. The molecule has 0 aromatic heterocycles. The third-order valence-corrected chi connectivity index (χ3v) is 5.51. The zero-order valence-corrected chi connectivity index (χ0v) is 18.2. The summed E-state index contributed by atoms with van der Waals surface area (Å²) in [5.41, 5.74) is 3.63. The Kier molecular flexibility index (Phi) is 6.70. The number of ketones is 1. The van der Waals surface area contributed by atoms with E-state index in [0.29, 0.717) is 41.9 Å². The molecule has 0 spiro atoms. The summed E-state index contributed by atoms with van der Waals surface area (Å²) in [5, 5.41) is 21.9. The highest BCUT2D eigenvalue weighted by molar-refractivity contribution is 6.14. The second-order valence-corrected chi connectivity index (χ2v) is 8.00. The van der Waals surface area contributed by atoms with Crippen molar-refractivity contribution in [3.63, 3.8) is 0 Å². The summed E-state index contributed by atoms with van der Waals surface area (Å²) >= 11 is 0. The molecule has 1 aliphatic heterocycles. The van der Waals surface area contributed by atoms with Gasteiger partial charge in [-0.3, -0.25) is 29.9 Å². The Labute approximate surface area is 195 Å². The highest BCUT2D eigenvalue weighted by Gasteiger charge is 2.26. The summed E-state index contributed by atoms with van der Waals surface area (Å²) in [6, 6.07) is 22.0. The van der Waals surface area contributed by atoms with E-state index in [9.17, 15) is 25.0 Å². The molecule has 0 atom stereocenters. The van der Waals surface area contributed by atoms with E-state index in [2.05, 4.69) is 4.90 Å². The highest BCUT2D eigenvalue weighted by Crippen LogP contribution is 2.25. The molecule has 1 heterocycles. The number of hydrogen-bond acceptors (Lipinski definition) is 6. The lowest BCUT2D eigenvalue weighted by Crippen LogP contribution is -2.37. The first-order valence-corrected chi connectivity index (χ1v) is 10.6. The van der Waals surface area contributed by atoms with Crippen LogP contribution in [0.5, 0.6) is 0 Å². The summed E-state index contributed by atoms with van der Waals surface area (Å²) in [5.74, 6) is -0.110. The number of rotatable bonds is 6. The Morgan fingerprint density at radius 1 is 0.706 bits per heavy atom. The first-order valence-electron chi connectivity index (χ1n) is 10.6. The van der Waals surface area contributed by atoms with Gasteiger partial charge in [0.05, 0.1) is 9.85 Å². The molecule has 0 saturated carbocycles. The first-order chi connectivity index (χ1) is 16.4. The predicted octanol–water partition coefficient (Wildman–Crippen LogP) is 5.05. The number of piperidine rings is 1. The topological polar surface area (TPSA) is 107 Å². The van der Waals surface area contributed by atoms with Gasteiger partial charge < -0.3 is 0 Å². The molecule has 0 radical (unpaired) electrons. The van der Waals surface area contributed by atoms with E-state index in [1.807, 2.05) is 30.3 Å². The number of nitro groups is 2. The van der Waals surface area contributed by atoms with Gasteiger partial charge in [0.2, 0.25) is 0 Å². The molecule has 8 nitrogen and oxygen atoms in total. The number of carbonyl (C=O) groups excluding carboxylic acids is 1. The van der Waals surface area contributed by atoms with Crippen LogP contribution in [-0.4, -0.2) is 33.6 Å². The van der Waals surface area contributed by atoms with Crippen LogP contribution in [0.4, 0.5) is 11.4 Å². The summed E-state index contributed by atoms with van der Waals surface area (Å²) < 4.78 is 0. The number of carbonyl (C=O) groups is 1. The number of nitro benzene ring substituents is 2. The molecular weight excluding hydrogens is 434 g/mol. The zero-order chi connectivity index (χ0) is 24.1. The lowest BCUT2D eigenvalue weighted by atomic mass is 9.93. The number of likely N-dealkylation sites (tertiary alicyclic amines) is 1. The number of hydrogen-bond donors (Lipinski definition) is 0. The fourth-order valence-corrected chi connectivity index (χ4v) is 3.85. The maximum atomic E-state index is 13.3. The first kappa shape index (κ1) is 22.8. The standard InChI is InChI=1S/C26H21N3O5/c30-26-22(14-19-6-10-24(11-7-19)28(31)32)17-27(16-21-4-2-1-3-5-21)18-23(26)15-20-8-12-25(13-9-20)29(33)34/h1-15H,16-18H2. The molecule has 1 fully saturated rings. The molecule has 3 aromatic carbocycles. The van der Waals surface area contributed by atoms with Crippen molar-refractivity contribution in [2.24, 2.45) is 0 Å². The Hall–Kier alpha value is -4.43. The van der Waals surface area contributed by atoms with Crippen LogP contribution in [0.15, 0.2) is 90.0 Å². The fraction of sp³-hybridized carbons (Fsp3) is 0.115. The fourth-order valence-electron chi connectivity index (χ4n) is 3.85. The van der Waals surface area contributed by atoms with Crippen molar-refractivity contribution in [3.8, 4) is 0 Å². The van der Waals surface area contributed by atoms with Gasteiger partial charge in [0.25, 0.3) is 11.4 Å². The molecule has 0 bridgehead atoms. The average molecular weight is 455 g/mol. The quantitative estimate of drug-likeness (QED) is 0.292. The van der Waals surface area contributed by atoms with Gasteiger partial charge in [-0.05, 0) is 53.1 Å². The van der Waals surface area contributed by atoms with E-state index in [-0.39, 0.29) is 17.2 Å². The minimum atomic E-state index is -0.463. The molecule has 1 saturated heterocycles. The third-order valence-electron chi connectivity index (χ3n) is 5.51. The number of Topliss-reactive ketones (excluding diaryl/α,β-unsaturated/α-hetero) is 1. The van der Waals surface area contributed by atoms with Crippen molar-refractivity contribution in [2.45, 2.75) is 6.54 Å². The molecule has 0 N–H and O–H groups in total. The molecule has 34 heavy (non-hydrogen) atoms. The van der Waals surface area contributed by atoms with Gasteiger partial charge in [0.1, 0.15) is 0 Å². The molecule has 0 amide bonds. The van der Waals surface area contributed by atoms with Crippen molar-refractivity contribution in [2.75, 3.05) is 13.1 Å². The Balaban J connectivity index is 1.66. The molecule has 4 rings (SSSR count). The van der Waals surface area contributed by atoms with Crippen molar-refractivity contribution in [3.05, 3.63) is 127 Å². The van der Waals surface area contributed by atoms with Crippen LogP contribution in [-0.2, 0) is 11.3 Å². The SMILES string of the molecule is O=C1C(=Cc2ccc([N+](=O)[O-])cc2)CN(Cc2ccccc2)CC1=Cc1ccc([N+](=O)[O-])cc1. The van der Waals surface area contributed by atoms with Crippen LogP contribution in [0.25, 0.3) is 12.2 Å². The van der Waals surface area contributed by atoms with Crippen molar-refractivity contribution in [1.82, 2.24) is 4.90 Å². The van der Waals surface area contributed by atoms with Crippen LogP contribution in [0.2, 0.25) is 0 Å². The molecule has 1 aliphatic rings. The zero-order valence-electron chi connectivity index (χ0n) is 18.2. The minimum absolute atomic E-state index is 0.0124. The average Bonchev–Trinajstić information content (AvgIpc) is 2.83. The van der Waals surface area contributed by atoms with Gasteiger partial charge >= 0.3 is 0 Å². The van der Waals surface area contributed by atoms with Crippen LogP contribution in [0.3, 0.4) is 0 Å². The Morgan fingerprint density at radius 2 is 1.15 bits per heavy atom. The normalized spacial score (nSPS) is 16.6. The van der Waals surface area contributed by atoms with Crippen LogP contribution < -0.4 is 0 Å². The van der Waals surface area contributed by atoms with E-state index in [1.54, 1.807) is 36.4 Å². The molecule has 3 aromatic rings. The van der Waals surface area contributed by atoms with Gasteiger partial charge in [-0.25, -0.2) is 0 Å². The van der Waals surface area contributed by atoms with Gasteiger partial charge in [-0.2, -0.15) is 0 Å². The van der Waals surface area contributed by atoms with E-state index in [0.717, 1.165) is 5.56 Å². The number of benzene rings is 3. The molecule has 8 heteroatoms. The van der Waals surface area contributed by atoms with E-state index in [1.165, 1.54) is 24.3 Å². The summed E-state index contributed by atoms with van der Waals surface area (Å²) in [6.07, 6.45) is 3.51.